The van der Waals surface area contributed by atoms with E-state index in [1.54, 1.807) is 0 Å². The maximum Gasteiger partial charge on any atom is 0.157 e. The van der Waals surface area contributed by atoms with E-state index in [0.717, 1.165) is 55.1 Å². The number of rotatable bonds is 5. The molecular formula is C45H28B5N5O. The molecule has 0 bridgehead atoms. The molecule has 0 spiro atoms. The van der Waals surface area contributed by atoms with Gasteiger partial charge in [-0.05, 0) is 30.4 Å². The van der Waals surface area contributed by atoms with Crippen LogP contribution in [0.2, 0.25) is 0 Å². The first-order valence-electron chi connectivity index (χ1n) is 18.3. The summed E-state index contributed by atoms with van der Waals surface area (Å²) in [4.78, 5) is 9.98. The lowest BCUT2D eigenvalue weighted by molar-refractivity contribution is 0.269. The summed E-state index contributed by atoms with van der Waals surface area (Å²) >= 11 is 0. The highest BCUT2D eigenvalue weighted by molar-refractivity contribution is 6.68. The minimum atomic E-state index is -0.135. The second-order valence-corrected chi connectivity index (χ2v) is 14.2. The van der Waals surface area contributed by atoms with Gasteiger partial charge in [0, 0.05) is 49.9 Å². The fraction of sp³-hybridized carbons (Fsp3) is 0.0667. The lowest BCUT2D eigenvalue weighted by Crippen LogP contribution is -2.57. The zero-order valence-corrected chi connectivity index (χ0v) is 30.2. The average molecular weight is 709 g/mol. The second kappa shape index (κ2) is 13.2. The number of amidine groups is 2. The number of aliphatic imine (C=N–C) groups is 2. The number of hydrogen-bond donors (Lipinski definition) is 1. The maximum absolute atomic E-state index is 6.62. The smallest absolute Gasteiger partial charge is 0.157 e. The van der Waals surface area contributed by atoms with Gasteiger partial charge in [-0.15, -0.1) is 16.4 Å². The Balaban J connectivity index is 1.23. The number of benzene rings is 6. The Bertz CT molecular complexity index is 3040. The Morgan fingerprint density at radius 3 is 2.00 bits per heavy atom. The van der Waals surface area contributed by atoms with Crippen LogP contribution in [0.25, 0.3) is 49.3 Å². The number of nitrogens with two attached hydrogens (primary N) is 1. The predicted molar refractivity (Wildman–Crippen MR) is 237 cm³/mol. The zero-order chi connectivity index (χ0) is 38.2. The molecule has 0 saturated heterocycles. The summed E-state index contributed by atoms with van der Waals surface area (Å²) in [6.07, 6.45) is 6.57. The first-order chi connectivity index (χ1) is 27.3. The normalized spacial score (nSPS) is 16.8. The molecule has 254 valence electrons. The van der Waals surface area contributed by atoms with Crippen molar-refractivity contribution in [1.29, 1.82) is 0 Å². The number of fused-ring (bicyclic) bond motifs is 10. The fourth-order valence-corrected chi connectivity index (χ4v) is 8.38. The number of ether oxygens (including phenoxy) is 1. The van der Waals surface area contributed by atoms with Crippen LogP contribution < -0.4 is 37.8 Å². The van der Waals surface area contributed by atoms with E-state index >= 15 is 0 Å². The Morgan fingerprint density at radius 2 is 1.25 bits per heavy atom. The third-order valence-corrected chi connectivity index (χ3v) is 11.1. The molecular weight excluding hydrogens is 681 g/mol. The van der Waals surface area contributed by atoms with Crippen molar-refractivity contribution in [3.63, 3.8) is 0 Å². The molecule has 1 aliphatic heterocycles. The van der Waals surface area contributed by atoms with Crippen molar-refractivity contribution >= 4 is 128 Å². The molecule has 2 atom stereocenters. The Hall–Kier alpha value is -6.34. The predicted octanol–water partition coefficient (Wildman–Crippen LogP) is 3.64. The Labute approximate surface area is 330 Å². The van der Waals surface area contributed by atoms with Gasteiger partial charge in [0.25, 0.3) is 0 Å². The molecule has 1 aliphatic carbocycles. The Kier molecular flexibility index (Phi) is 8.03. The largest absolute Gasteiger partial charge is 0.485 e. The molecule has 10 rings (SSSR count). The fourth-order valence-electron chi connectivity index (χ4n) is 8.38. The van der Waals surface area contributed by atoms with Crippen molar-refractivity contribution in [1.82, 2.24) is 9.13 Å². The van der Waals surface area contributed by atoms with Crippen molar-refractivity contribution in [2.75, 3.05) is 0 Å². The highest BCUT2D eigenvalue weighted by atomic mass is 16.5. The van der Waals surface area contributed by atoms with E-state index in [1.807, 2.05) is 54.6 Å². The lowest BCUT2D eigenvalue weighted by Gasteiger charge is -2.21. The van der Waals surface area contributed by atoms with E-state index < -0.39 is 0 Å². The molecule has 0 amide bonds. The van der Waals surface area contributed by atoms with Crippen LogP contribution in [0.1, 0.15) is 22.6 Å². The average Bonchev–Trinajstić information content (AvgIpc) is 3.88. The van der Waals surface area contributed by atoms with Crippen LogP contribution in [0, 0.1) is 0 Å². The molecule has 2 aromatic heterocycles. The van der Waals surface area contributed by atoms with Crippen molar-refractivity contribution in [2.45, 2.75) is 18.7 Å². The molecule has 0 fully saturated rings. The number of para-hydroxylation sites is 3. The monoisotopic (exact) mass is 709 g/mol. The van der Waals surface area contributed by atoms with Crippen LogP contribution in [0.4, 0.5) is 0 Å². The van der Waals surface area contributed by atoms with E-state index in [0.29, 0.717) is 5.56 Å². The van der Waals surface area contributed by atoms with Crippen LogP contribution in [0.3, 0.4) is 0 Å². The zero-order valence-electron chi connectivity index (χ0n) is 30.2. The molecule has 10 radical (unpaired) electrons. The molecule has 6 aromatic carbocycles. The van der Waals surface area contributed by atoms with Gasteiger partial charge in [-0.25, -0.2) is 9.98 Å². The van der Waals surface area contributed by atoms with E-state index in [4.69, 9.17) is 59.7 Å². The quantitative estimate of drug-likeness (QED) is 0.169. The van der Waals surface area contributed by atoms with Crippen LogP contribution in [-0.4, -0.2) is 66.1 Å². The molecule has 2 aliphatic rings. The molecule has 2 unspecified atom stereocenters. The number of allylic oxidation sites excluding steroid dienone is 2. The molecule has 56 heavy (non-hydrogen) atoms. The first-order valence-corrected chi connectivity index (χ1v) is 18.3. The molecule has 11 heteroatoms. The Morgan fingerprint density at radius 1 is 0.643 bits per heavy atom. The van der Waals surface area contributed by atoms with Crippen molar-refractivity contribution in [3.8, 4) is 5.75 Å². The summed E-state index contributed by atoms with van der Waals surface area (Å²) in [5.41, 5.74) is 14.4. The maximum atomic E-state index is 6.62. The second-order valence-electron chi connectivity index (χ2n) is 14.2. The summed E-state index contributed by atoms with van der Waals surface area (Å²) in [5.74, 6) is 1.44. The first kappa shape index (κ1) is 34.2. The van der Waals surface area contributed by atoms with Gasteiger partial charge in [0.1, 0.15) is 63.6 Å². The molecule has 3 heterocycles. The van der Waals surface area contributed by atoms with Crippen LogP contribution in [0.15, 0.2) is 143 Å². The van der Waals surface area contributed by atoms with E-state index in [2.05, 4.69) is 88.0 Å². The SMILES string of the molecule is [B]c1c([B])c([B])c(C(N=C(N)c2ccccc2)=NCn2c3ccccc3c3ccc4c5ccccc5n(C5=CC6Oc7ccccc7C6C=C5)c4c32)c([B])c1[B]. The summed E-state index contributed by atoms with van der Waals surface area (Å²) in [6.45, 7) is 0.118. The van der Waals surface area contributed by atoms with Crippen LogP contribution in [0.5, 0.6) is 5.75 Å². The summed E-state index contributed by atoms with van der Waals surface area (Å²) < 4.78 is 11.0. The number of nitrogens with zero attached hydrogens (tertiary/aromatic N) is 4. The van der Waals surface area contributed by atoms with Crippen molar-refractivity contribution in [3.05, 3.63) is 150 Å². The van der Waals surface area contributed by atoms with Gasteiger partial charge in [-0.3, -0.25) is 0 Å². The minimum absolute atomic E-state index is 0.0985. The van der Waals surface area contributed by atoms with E-state index in [-0.39, 0.29) is 63.2 Å². The van der Waals surface area contributed by atoms with Gasteiger partial charge < -0.3 is 19.6 Å². The highest BCUT2D eigenvalue weighted by Crippen LogP contribution is 2.45. The van der Waals surface area contributed by atoms with Gasteiger partial charge in [-0.2, -0.15) is 0 Å². The summed E-state index contributed by atoms with van der Waals surface area (Å²) in [5, 5.41) is 4.38. The summed E-state index contributed by atoms with van der Waals surface area (Å²) in [6, 6.07) is 38.9. The van der Waals surface area contributed by atoms with Gasteiger partial charge >= 0.3 is 0 Å². The van der Waals surface area contributed by atoms with E-state index in [9.17, 15) is 0 Å². The van der Waals surface area contributed by atoms with Gasteiger partial charge in [0.15, 0.2) is 5.84 Å². The molecule has 8 aromatic rings. The molecule has 6 nitrogen and oxygen atoms in total. The summed E-state index contributed by atoms with van der Waals surface area (Å²) in [7, 11) is 32.2. The van der Waals surface area contributed by atoms with Crippen molar-refractivity contribution < 1.29 is 4.74 Å². The molecule has 0 saturated carbocycles. The lowest BCUT2D eigenvalue weighted by atomic mass is 9.60. The van der Waals surface area contributed by atoms with Gasteiger partial charge in [0.2, 0.25) is 0 Å². The van der Waals surface area contributed by atoms with E-state index in [1.165, 1.54) is 5.56 Å². The highest BCUT2D eigenvalue weighted by Gasteiger charge is 2.34. The van der Waals surface area contributed by atoms with Gasteiger partial charge in [-0.1, -0.05) is 114 Å². The standard InChI is InChI=1S/C45H28B5N5O/c46-37-36(38(47)40(49)41(50)39(37)48)45(53-44(51)24-10-2-1-3-11-24)52-23-54-32-15-7-4-12-26(32)30-20-21-31-27-13-5-8-16-33(27)55(43(31)42(30)54)25-18-19-29-28-14-6-9-17-34(28)56-35(29)22-25/h1-22,29,35H,23H2,(H2,51,52,53). The number of aromatic nitrogens is 2. The van der Waals surface area contributed by atoms with Crippen LogP contribution >= 0.6 is 0 Å². The topological polar surface area (TPSA) is 69.8 Å². The minimum Gasteiger partial charge on any atom is -0.485 e. The molecule has 2 N–H and O–H groups in total. The van der Waals surface area contributed by atoms with Crippen LogP contribution in [-0.2, 0) is 6.67 Å². The van der Waals surface area contributed by atoms with Crippen molar-refractivity contribution in [2.24, 2.45) is 15.7 Å². The third-order valence-electron chi connectivity index (χ3n) is 11.1. The van der Waals surface area contributed by atoms with Gasteiger partial charge in [0.05, 0.1) is 22.1 Å². The third kappa shape index (κ3) is 5.17. The number of hydrogen-bond acceptors (Lipinski definition) is 2.